The van der Waals surface area contributed by atoms with E-state index in [1.54, 1.807) is 12.3 Å². The fourth-order valence-electron chi connectivity index (χ4n) is 2.42. The van der Waals surface area contributed by atoms with E-state index in [0.29, 0.717) is 16.2 Å². The molecule has 1 unspecified atom stereocenters. The number of aromatic nitrogens is 1. The highest BCUT2D eigenvalue weighted by Gasteiger charge is 2.20. The Labute approximate surface area is 118 Å². The Hall–Kier alpha value is -0.350. The first kappa shape index (κ1) is 14.1. The van der Waals surface area contributed by atoms with E-state index < -0.39 is 0 Å². The molecule has 0 saturated carbocycles. The molecule has 1 saturated heterocycles. The molecular formula is C13H19Cl2N3. The molecule has 1 aliphatic rings. The number of hydrogen-bond donors (Lipinski definition) is 1. The van der Waals surface area contributed by atoms with Crippen LogP contribution >= 0.6 is 23.2 Å². The topological polar surface area (TPSA) is 28.2 Å². The average molecular weight is 288 g/mol. The van der Waals surface area contributed by atoms with Gasteiger partial charge in [-0.1, -0.05) is 30.1 Å². The lowest BCUT2D eigenvalue weighted by Gasteiger charge is -2.34. The zero-order chi connectivity index (χ0) is 13.0. The summed E-state index contributed by atoms with van der Waals surface area (Å²) in [6.07, 6.45) is 4.27. The average Bonchev–Trinajstić information content (AvgIpc) is 2.39. The van der Waals surface area contributed by atoms with E-state index in [1.807, 2.05) is 0 Å². The zero-order valence-corrected chi connectivity index (χ0v) is 12.1. The summed E-state index contributed by atoms with van der Waals surface area (Å²) in [5.41, 5.74) is 1.05. The molecule has 5 heteroatoms. The molecule has 0 spiro atoms. The first-order valence-electron chi connectivity index (χ1n) is 6.45. The van der Waals surface area contributed by atoms with Gasteiger partial charge in [0.05, 0.1) is 0 Å². The highest BCUT2D eigenvalue weighted by atomic mass is 35.5. The summed E-state index contributed by atoms with van der Waals surface area (Å²) < 4.78 is 0. The van der Waals surface area contributed by atoms with E-state index in [4.69, 9.17) is 23.2 Å². The van der Waals surface area contributed by atoms with Gasteiger partial charge >= 0.3 is 0 Å². The Morgan fingerprint density at radius 3 is 2.94 bits per heavy atom. The van der Waals surface area contributed by atoms with Gasteiger partial charge < -0.3 is 5.32 Å². The fraction of sp³-hybridized carbons (Fsp3) is 0.615. The first-order valence-corrected chi connectivity index (χ1v) is 7.21. The molecule has 1 atom stereocenters. The summed E-state index contributed by atoms with van der Waals surface area (Å²) in [7, 11) is 0. The van der Waals surface area contributed by atoms with Crippen LogP contribution in [0.3, 0.4) is 0 Å². The predicted octanol–water partition coefficient (Wildman–Crippen LogP) is 2.96. The lowest BCUT2D eigenvalue weighted by Crippen LogP contribution is -2.45. The van der Waals surface area contributed by atoms with Crippen molar-refractivity contribution in [2.45, 2.75) is 32.4 Å². The van der Waals surface area contributed by atoms with Crippen LogP contribution in [0.15, 0.2) is 12.3 Å². The van der Waals surface area contributed by atoms with Gasteiger partial charge in [-0.3, -0.25) is 4.90 Å². The number of hydrogen-bond acceptors (Lipinski definition) is 3. The van der Waals surface area contributed by atoms with Crippen LogP contribution in [-0.4, -0.2) is 35.6 Å². The third-order valence-corrected chi connectivity index (χ3v) is 4.02. The molecule has 2 rings (SSSR count). The van der Waals surface area contributed by atoms with Crippen LogP contribution in [0.25, 0.3) is 0 Å². The van der Waals surface area contributed by atoms with Gasteiger partial charge in [0.1, 0.15) is 5.15 Å². The number of rotatable bonds is 4. The van der Waals surface area contributed by atoms with Crippen molar-refractivity contribution in [3.05, 3.63) is 28.0 Å². The minimum atomic E-state index is 0.450. The largest absolute Gasteiger partial charge is 0.315 e. The maximum absolute atomic E-state index is 6.20. The summed E-state index contributed by atoms with van der Waals surface area (Å²) in [6.45, 7) is 6.24. The number of pyridine rings is 1. The molecule has 100 valence electrons. The number of halogens is 2. The van der Waals surface area contributed by atoms with Gasteiger partial charge in [0.15, 0.2) is 0 Å². The maximum atomic E-state index is 6.20. The monoisotopic (exact) mass is 287 g/mol. The molecule has 3 nitrogen and oxygen atoms in total. The van der Waals surface area contributed by atoms with Crippen molar-refractivity contribution in [3.63, 3.8) is 0 Å². The van der Waals surface area contributed by atoms with Gasteiger partial charge in [-0.25, -0.2) is 4.98 Å². The molecular weight excluding hydrogens is 269 g/mol. The second-order valence-corrected chi connectivity index (χ2v) is 5.46. The highest BCUT2D eigenvalue weighted by Crippen LogP contribution is 2.22. The third kappa shape index (κ3) is 3.58. The van der Waals surface area contributed by atoms with E-state index in [-0.39, 0.29) is 0 Å². The van der Waals surface area contributed by atoms with E-state index in [1.165, 1.54) is 12.8 Å². The van der Waals surface area contributed by atoms with Crippen LogP contribution in [0.1, 0.15) is 25.3 Å². The summed E-state index contributed by atoms with van der Waals surface area (Å²) in [5, 5.41) is 4.60. The predicted molar refractivity (Wildman–Crippen MR) is 76.2 cm³/mol. The molecule has 0 bridgehead atoms. The smallest absolute Gasteiger partial charge is 0.130 e. The summed E-state index contributed by atoms with van der Waals surface area (Å²) in [4.78, 5) is 6.56. The van der Waals surface area contributed by atoms with E-state index in [2.05, 4.69) is 22.1 Å². The van der Waals surface area contributed by atoms with Crippen LogP contribution in [0.4, 0.5) is 0 Å². The molecule has 18 heavy (non-hydrogen) atoms. The molecule has 2 heterocycles. The molecule has 1 aliphatic heterocycles. The zero-order valence-electron chi connectivity index (χ0n) is 10.6. The van der Waals surface area contributed by atoms with Crippen molar-refractivity contribution in [1.29, 1.82) is 0 Å². The van der Waals surface area contributed by atoms with Crippen molar-refractivity contribution in [1.82, 2.24) is 15.2 Å². The minimum absolute atomic E-state index is 0.450. The SMILES string of the molecule is CCN(Cc1cnc(Cl)cc1Cl)C1CCCNC1. The van der Waals surface area contributed by atoms with Crippen LogP contribution in [0.5, 0.6) is 0 Å². The summed E-state index contributed by atoms with van der Waals surface area (Å²) in [6, 6.07) is 2.31. The Morgan fingerprint density at radius 1 is 1.50 bits per heavy atom. The van der Waals surface area contributed by atoms with E-state index in [9.17, 15) is 0 Å². The molecule has 1 fully saturated rings. The second-order valence-electron chi connectivity index (χ2n) is 4.66. The standard InChI is InChI=1S/C13H19Cl2N3/c1-2-18(11-4-3-5-16-8-11)9-10-7-17-13(15)6-12(10)14/h6-7,11,16H,2-5,8-9H2,1H3. The van der Waals surface area contributed by atoms with Crippen LogP contribution < -0.4 is 5.32 Å². The van der Waals surface area contributed by atoms with Crippen LogP contribution in [-0.2, 0) is 6.54 Å². The lowest BCUT2D eigenvalue weighted by molar-refractivity contribution is 0.166. The Balaban J connectivity index is 2.04. The molecule has 0 aliphatic carbocycles. The third-order valence-electron chi connectivity index (χ3n) is 3.46. The van der Waals surface area contributed by atoms with Gasteiger partial charge in [-0.2, -0.15) is 0 Å². The van der Waals surface area contributed by atoms with Gasteiger partial charge in [0, 0.05) is 35.9 Å². The number of nitrogens with one attached hydrogen (secondary N) is 1. The summed E-state index contributed by atoms with van der Waals surface area (Å²) in [5.74, 6) is 0. The maximum Gasteiger partial charge on any atom is 0.130 e. The van der Waals surface area contributed by atoms with Crippen LogP contribution in [0, 0.1) is 0 Å². The minimum Gasteiger partial charge on any atom is -0.315 e. The van der Waals surface area contributed by atoms with Gasteiger partial charge in [0.25, 0.3) is 0 Å². The van der Waals surface area contributed by atoms with Crippen molar-refractivity contribution in [2.24, 2.45) is 0 Å². The fourth-order valence-corrected chi connectivity index (χ4v) is 2.84. The molecule has 1 aromatic rings. The first-order chi connectivity index (χ1) is 8.70. The molecule has 0 amide bonds. The molecule has 0 aromatic carbocycles. The molecule has 1 aromatic heterocycles. The van der Waals surface area contributed by atoms with Crippen molar-refractivity contribution in [3.8, 4) is 0 Å². The Kier molecular flexibility index (Phi) is 5.25. The number of nitrogens with zero attached hydrogens (tertiary/aromatic N) is 2. The van der Waals surface area contributed by atoms with Gasteiger partial charge in [-0.05, 0) is 32.0 Å². The molecule has 1 N–H and O–H groups in total. The second kappa shape index (κ2) is 6.71. The van der Waals surface area contributed by atoms with E-state index >= 15 is 0 Å². The summed E-state index contributed by atoms with van der Waals surface area (Å²) >= 11 is 12.0. The van der Waals surface area contributed by atoms with Crippen molar-refractivity contribution < 1.29 is 0 Å². The Morgan fingerprint density at radius 2 is 2.33 bits per heavy atom. The molecule has 0 radical (unpaired) electrons. The number of likely N-dealkylation sites (N-methyl/N-ethyl adjacent to an activating group) is 1. The van der Waals surface area contributed by atoms with Crippen molar-refractivity contribution >= 4 is 23.2 Å². The Bertz CT molecular complexity index is 392. The van der Waals surface area contributed by atoms with Gasteiger partial charge in [0.2, 0.25) is 0 Å². The quantitative estimate of drug-likeness (QED) is 0.863. The highest BCUT2D eigenvalue weighted by molar-refractivity contribution is 6.34. The normalized spacial score (nSPS) is 20.3. The van der Waals surface area contributed by atoms with Gasteiger partial charge in [-0.15, -0.1) is 0 Å². The lowest BCUT2D eigenvalue weighted by atomic mass is 10.1. The number of piperidine rings is 1. The van der Waals surface area contributed by atoms with Crippen molar-refractivity contribution in [2.75, 3.05) is 19.6 Å². The van der Waals surface area contributed by atoms with Crippen LogP contribution in [0.2, 0.25) is 10.2 Å². The van der Waals surface area contributed by atoms with E-state index in [0.717, 1.165) is 31.7 Å².